The number of carbonyl (C=O) groups excluding carboxylic acids is 1. The van der Waals surface area contributed by atoms with Crippen LogP contribution in [0.3, 0.4) is 0 Å². The van der Waals surface area contributed by atoms with Gasteiger partial charge in [0.1, 0.15) is 11.6 Å². The van der Waals surface area contributed by atoms with Crippen molar-refractivity contribution >= 4 is 32.7 Å². The smallest absolute Gasteiger partial charge is 0.242 e. The first-order valence-corrected chi connectivity index (χ1v) is 11.6. The van der Waals surface area contributed by atoms with Gasteiger partial charge < -0.3 is 9.47 Å². The van der Waals surface area contributed by atoms with Crippen LogP contribution >= 0.6 is 0 Å². The summed E-state index contributed by atoms with van der Waals surface area (Å²) in [6, 6.07) is 10.7. The predicted molar refractivity (Wildman–Crippen MR) is 119 cm³/mol. The maximum absolute atomic E-state index is 13.2. The molecule has 0 spiro atoms. The van der Waals surface area contributed by atoms with Crippen LogP contribution in [-0.2, 0) is 27.8 Å². The number of rotatable bonds is 8. The molecule has 0 N–H and O–H groups in total. The largest absolute Gasteiger partial charge is 0.328 e. The molecule has 1 amide bonds. The quantitative estimate of drug-likeness (QED) is 0.531. The van der Waals surface area contributed by atoms with Gasteiger partial charge in [-0.25, -0.2) is 22.1 Å². The summed E-state index contributed by atoms with van der Waals surface area (Å²) < 4.78 is 41.2. The topological polar surface area (TPSA) is 75.5 Å². The number of halogens is 1. The van der Waals surface area contributed by atoms with E-state index in [9.17, 15) is 17.6 Å². The van der Waals surface area contributed by atoms with Gasteiger partial charge in [-0.15, -0.1) is 0 Å². The highest BCUT2D eigenvalue weighted by atomic mass is 32.2. The number of carbonyl (C=O) groups is 1. The molecule has 0 saturated carbocycles. The van der Waals surface area contributed by atoms with Gasteiger partial charge in [0.2, 0.25) is 15.9 Å². The lowest BCUT2D eigenvalue weighted by Crippen LogP contribution is -2.31. The molecule has 0 aliphatic heterocycles. The number of aromatic nitrogens is 2. The number of anilines is 1. The Hall–Kier alpha value is -2.78. The second-order valence-corrected chi connectivity index (χ2v) is 9.48. The van der Waals surface area contributed by atoms with E-state index in [-0.39, 0.29) is 23.0 Å². The van der Waals surface area contributed by atoms with E-state index in [1.165, 1.54) is 30.5 Å². The van der Waals surface area contributed by atoms with Crippen LogP contribution in [-0.4, -0.2) is 48.8 Å². The van der Waals surface area contributed by atoms with E-state index in [1.54, 1.807) is 35.2 Å². The van der Waals surface area contributed by atoms with E-state index < -0.39 is 10.0 Å². The Balaban J connectivity index is 1.85. The number of sulfonamides is 1. The van der Waals surface area contributed by atoms with Crippen molar-refractivity contribution in [2.24, 2.45) is 0 Å². The highest BCUT2D eigenvalue weighted by molar-refractivity contribution is 7.89. The molecule has 0 aliphatic carbocycles. The van der Waals surface area contributed by atoms with E-state index >= 15 is 0 Å². The second kappa shape index (κ2) is 9.15. The number of aryl methyl sites for hydroxylation is 2. The van der Waals surface area contributed by atoms with Gasteiger partial charge in [0.05, 0.1) is 15.9 Å². The maximum atomic E-state index is 13.2. The Morgan fingerprint density at radius 1 is 1.10 bits per heavy atom. The van der Waals surface area contributed by atoms with E-state index in [0.29, 0.717) is 30.7 Å². The normalized spacial score (nSPS) is 11.9. The van der Waals surface area contributed by atoms with Crippen LogP contribution in [0.25, 0.3) is 11.0 Å². The zero-order valence-electron chi connectivity index (χ0n) is 18.2. The van der Waals surface area contributed by atoms with Crippen LogP contribution < -0.4 is 4.90 Å². The van der Waals surface area contributed by atoms with Crippen molar-refractivity contribution in [3.63, 3.8) is 0 Å². The fraction of sp³-hybridized carbons (Fsp3) is 0.364. The summed E-state index contributed by atoms with van der Waals surface area (Å²) in [5.41, 5.74) is 2.06. The Morgan fingerprint density at radius 3 is 2.35 bits per heavy atom. The third-order valence-electron chi connectivity index (χ3n) is 5.21. The van der Waals surface area contributed by atoms with Crippen molar-refractivity contribution < 1.29 is 17.6 Å². The van der Waals surface area contributed by atoms with Gasteiger partial charge in [-0.3, -0.25) is 4.79 Å². The molecule has 2 aromatic carbocycles. The molecular weight excluding hydrogens is 419 g/mol. The Labute approximate surface area is 182 Å². The molecular formula is C22H27FN4O3S. The lowest BCUT2D eigenvalue weighted by Gasteiger charge is -2.21. The lowest BCUT2D eigenvalue weighted by molar-refractivity contribution is -0.118. The van der Waals surface area contributed by atoms with Crippen molar-refractivity contribution in [1.82, 2.24) is 13.9 Å². The SMILES string of the molecule is CCN(C(=O)CCc1nc2cc(S(=O)(=O)N(C)C)ccc2n1CC)c1ccc(F)cc1. The number of benzene rings is 2. The minimum Gasteiger partial charge on any atom is -0.328 e. The molecule has 1 heterocycles. The third kappa shape index (κ3) is 4.62. The van der Waals surface area contributed by atoms with Gasteiger partial charge in [0.25, 0.3) is 0 Å². The van der Waals surface area contributed by atoms with Crippen molar-refractivity contribution in [3.05, 3.63) is 54.1 Å². The summed E-state index contributed by atoms with van der Waals surface area (Å²) >= 11 is 0. The summed E-state index contributed by atoms with van der Waals surface area (Å²) in [6.45, 7) is 4.97. The number of fused-ring (bicyclic) bond motifs is 1. The van der Waals surface area contributed by atoms with Crippen LogP contribution in [0.2, 0.25) is 0 Å². The van der Waals surface area contributed by atoms with Gasteiger partial charge in [0.15, 0.2) is 0 Å². The highest BCUT2D eigenvalue weighted by Gasteiger charge is 2.20. The molecule has 0 bridgehead atoms. The van der Waals surface area contributed by atoms with Crippen molar-refractivity contribution in [2.45, 2.75) is 38.1 Å². The number of hydrogen-bond acceptors (Lipinski definition) is 4. The highest BCUT2D eigenvalue weighted by Crippen LogP contribution is 2.23. The van der Waals surface area contributed by atoms with Crippen LogP contribution in [0.1, 0.15) is 26.1 Å². The standard InChI is InChI=1S/C22H27FN4O3S/c1-5-26(17-9-7-16(23)8-10-17)22(28)14-13-21-24-19-15-18(31(29,30)25(3)4)11-12-20(19)27(21)6-2/h7-12,15H,5-6,13-14H2,1-4H3. The fourth-order valence-corrected chi connectivity index (χ4v) is 4.47. The molecule has 3 rings (SSSR count). The lowest BCUT2D eigenvalue weighted by atomic mass is 10.2. The number of imidazole rings is 1. The second-order valence-electron chi connectivity index (χ2n) is 7.32. The predicted octanol–water partition coefficient (Wildman–Crippen LogP) is 3.43. The third-order valence-corrected chi connectivity index (χ3v) is 7.02. The zero-order valence-corrected chi connectivity index (χ0v) is 19.0. The molecule has 31 heavy (non-hydrogen) atoms. The van der Waals surface area contributed by atoms with Gasteiger partial charge in [-0.1, -0.05) is 0 Å². The zero-order chi connectivity index (χ0) is 22.8. The van der Waals surface area contributed by atoms with E-state index in [4.69, 9.17) is 0 Å². The van der Waals surface area contributed by atoms with Crippen LogP contribution in [0.4, 0.5) is 10.1 Å². The van der Waals surface area contributed by atoms with Crippen LogP contribution in [0, 0.1) is 5.82 Å². The van der Waals surface area contributed by atoms with Gasteiger partial charge in [-0.2, -0.15) is 0 Å². The molecule has 166 valence electrons. The number of amides is 1. The summed E-state index contributed by atoms with van der Waals surface area (Å²) in [5.74, 6) is 0.291. The van der Waals surface area contributed by atoms with Crippen molar-refractivity contribution in [2.75, 3.05) is 25.5 Å². The maximum Gasteiger partial charge on any atom is 0.242 e. The number of nitrogens with zero attached hydrogens (tertiary/aromatic N) is 4. The molecule has 0 unspecified atom stereocenters. The summed E-state index contributed by atoms with van der Waals surface area (Å²) in [4.78, 5) is 19.2. The molecule has 0 saturated heterocycles. The van der Waals surface area contributed by atoms with Gasteiger partial charge in [0, 0.05) is 45.7 Å². The summed E-state index contributed by atoms with van der Waals surface area (Å²) in [7, 11) is -0.580. The molecule has 0 radical (unpaired) electrons. The van der Waals surface area contributed by atoms with Crippen molar-refractivity contribution in [1.29, 1.82) is 0 Å². The van der Waals surface area contributed by atoms with Crippen LogP contribution in [0.5, 0.6) is 0 Å². The Morgan fingerprint density at radius 2 is 1.77 bits per heavy atom. The van der Waals surface area contributed by atoms with Crippen LogP contribution in [0.15, 0.2) is 47.4 Å². The summed E-state index contributed by atoms with van der Waals surface area (Å²) in [5, 5.41) is 0. The molecule has 0 atom stereocenters. The van der Waals surface area contributed by atoms with E-state index in [2.05, 4.69) is 4.98 Å². The van der Waals surface area contributed by atoms with E-state index in [0.717, 1.165) is 11.3 Å². The van der Waals surface area contributed by atoms with E-state index in [1.807, 2.05) is 18.4 Å². The molecule has 7 nitrogen and oxygen atoms in total. The summed E-state index contributed by atoms with van der Waals surface area (Å²) in [6.07, 6.45) is 0.645. The molecule has 3 aromatic rings. The Kier molecular flexibility index (Phi) is 6.76. The van der Waals surface area contributed by atoms with Gasteiger partial charge in [-0.05, 0) is 56.3 Å². The average molecular weight is 447 g/mol. The first kappa shape index (κ1) is 22.9. The average Bonchev–Trinajstić information content (AvgIpc) is 3.10. The first-order valence-electron chi connectivity index (χ1n) is 10.2. The molecule has 1 aromatic heterocycles. The van der Waals surface area contributed by atoms with Gasteiger partial charge >= 0.3 is 0 Å². The molecule has 0 fully saturated rings. The minimum absolute atomic E-state index is 0.0836. The fourth-order valence-electron chi connectivity index (χ4n) is 3.55. The Bertz CT molecular complexity index is 1190. The minimum atomic E-state index is -3.56. The molecule has 9 heteroatoms. The first-order chi connectivity index (χ1) is 14.7. The number of hydrogen-bond donors (Lipinski definition) is 0. The van der Waals surface area contributed by atoms with Crippen molar-refractivity contribution in [3.8, 4) is 0 Å². The monoisotopic (exact) mass is 446 g/mol. The molecule has 0 aliphatic rings.